The van der Waals surface area contributed by atoms with Gasteiger partial charge in [-0.2, -0.15) is 5.10 Å². The van der Waals surface area contributed by atoms with Crippen LogP contribution < -0.4 is 19.6 Å². The molecular formula is C22H21N3O5. The van der Waals surface area contributed by atoms with Gasteiger partial charge in [-0.05, 0) is 29.8 Å². The Morgan fingerprint density at radius 1 is 1.10 bits per heavy atom. The summed E-state index contributed by atoms with van der Waals surface area (Å²) in [4.78, 5) is 14.9. The first kappa shape index (κ1) is 20.7. The van der Waals surface area contributed by atoms with Crippen molar-refractivity contribution >= 4 is 18.0 Å². The maximum atomic E-state index is 10.9. The van der Waals surface area contributed by atoms with Gasteiger partial charge in [0.05, 0.1) is 26.0 Å². The van der Waals surface area contributed by atoms with Crippen LogP contribution in [-0.2, 0) is 6.61 Å². The topological polar surface area (TPSA) is 102 Å². The number of carboxylic acid groups (broad SMARTS) is 1. The first-order valence-corrected chi connectivity index (χ1v) is 9.02. The van der Waals surface area contributed by atoms with E-state index in [-0.39, 0.29) is 5.56 Å². The summed E-state index contributed by atoms with van der Waals surface area (Å²) in [6, 6.07) is 16.3. The summed E-state index contributed by atoms with van der Waals surface area (Å²) < 4.78 is 16.9. The Hall–Kier alpha value is -4.07. The van der Waals surface area contributed by atoms with Gasteiger partial charge in [0.15, 0.2) is 11.5 Å². The predicted octanol–water partition coefficient (Wildman–Crippen LogP) is 3.82. The molecule has 1 aromatic heterocycles. The van der Waals surface area contributed by atoms with Crippen LogP contribution in [0.2, 0.25) is 0 Å². The number of benzene rings is 2. The molecule has 1 heterocycles. The van der Waals surface area contributed by atoms with Crippen LogP contribution >= 0.6 is 0 Å². The summed E-state index contributed by atoms with van der Waals surface area (Å²) in [5.74, 6) is 0.899. The molecule has 30 heavy (non-hydrogen) atoms. The molecule has 0 amide bonds. The smallest absolute Gasteiger partial charge is 0.337 e. The lowest BCUT2D eigenvalue weighted by Crippen LogP contribution is -2.02. The van der Waals surface area contributed by atoms with Gasteiger partial charge in [0.25, 0.3) is 0 Å². The summed E-state index contributed by atoms with van der Waals surface area (Å²) in [5, 5.41) is 13.0. The van der Waals surface area contributed by atoms with E-state index in [1.807, 2.05) is 30.3 Å². The van der Waals surface area contributed by atoms with Crippen molar-refractivity contribution in [3.63, 3.8) is 0 Å². The number of carboxylic acids is 1. The molecule has 0 saturated carbocycles. The third-order valence-corrected chi connectivity index (χ3v) is 4.11. The molecule has 0 aliphatic rings. The first-order valence-electron chi connectivity index (χ1n) is 9.02. The highest BCUT2D eigenvalue weighted by Gasteiger charge is 2.14. The molecule has 0 fully saturated rings. The third kappa shape index (κ3) is 5.26. The SMILES string of the molecule is COc1cc(/C=N/Nc2ccc(C(=O)O)cn2)cc(OC)c1OCc1ccccc1. The molecule has 2 aromatic carbocycles. The molecule has 8 heteroatoms. The number of rotatable bonds is 9. The number of nitrogens with zero attached hydrogens (tertiary/aromatic N) is 2. The Kier molecular flexibility index (Phi) is 6.83. The van der Waals surface area contributed by atoms with Crippen molar-refractivity contribution in [1.29, 1.82) is 0 Å². The zero-order valence-corrected chi connectivity index (χ0v) is 16.5. The minimum Gasteiger partial charge on any atom is -0.493 e. The molecule has 3 rings (SSSR count). The molecule has 0 saturated heterocycles. The molecular weight excluding hydrogens is 386 g/mol. The number of carbonyl (C=O) groups is 1. The molecule has 8 nitrogen and oxygen atoms in total. The van der Waals surface area contributed by atoms with E-state index >= 15 is 0 Å². The standard InChI is InChI=1S/C22H21N3O5/c1-28-18-10-16(12-24-25-20-9-8-17(13-23-20)22(26)27)11-19(29-2)21(18)30-14-15-6-4-3-5-7-15/h3-13H,14H2,1-2H3,(H,23,25)(H,26,27)/b24-12+. The Bertz CT molecular complexity index is 996. The molecule has 0 bridgehead atoms. The van der Waals surface area contributed by atoms with Crippen LogP contribution in [0.5, 0.6) is 17.2 Å². The second-order valence-corrected chi connectivity index (χ2v) is 6.14. The highest BCUT2D eigenvalue weighted by molar-refractivity contribution is 5.87. The van der Waals surface area contributed by atoms with Crippen molar-refractivity contribution in [3.8, 4) is 17.2 Å². The van der Waals surface area contributed by atoms with Gasteiger partial charge in [-0.15, -0.1) is 0 Å². The molecule has 0 spiro atoms. The summed E-state index contributed by atoms with van der Waals surface area (Å²) >= 11 is 0. The van der Waals surface area contributed by atoms with E-state index in [1.165, 1.54) is 18.3 Å². The lowest BCUT2D eigenvalue weighted by atomic mass is 10.2. The molecule has 0 unspecified atom stereocenters. The normalized spacial score (nSPS) is 10.6. The zero-order chi connectivity index (χ0) is 21.3. The first-order chi connectivity index (χ1) is 14.6. The number of hydrogen-bond donors (Lipinski definition) is 2. The van der Waals surface area contributed by atoms with Gasteiger partial charge in [0.2, 0.25) is 5.75 Å². The van der Waals surface area contributed by atoms with Crippen molar-refractivity contribution in [2.24, 2.45) is 5.10 Å². The Balaban J connectivity index is 1.73. The highest BCUT2D eigenvalue weighted by atomic mass is 16.5. The quantitative estimate of drug-likeness (QED) is 0.411. The number of pyridine rings is 1. The fourth-order valence-electron chi connectivity index (χ4n) is 2.61. The summed E-state index contributed by atoms with van der Waals surface area (Å²) in [7, 11) is 3.11. The van der Waals surface area contributed by atoms with Crippen LogP contribution in [0.4, 0.5) is 5.82 Å². The average molecular weight is 407 g/mol. The Labute approximate surface area is 173 Å². The lowest BCUT2D eigenvalue weighted by Gasteiger charge is -2.15. The molecule has 0 atom stereocenters. The summed E-state index contributed by atoms with van der Waals surface area (Å²) in [6.45, 7) is 0.376. The van der Waals surface area contributed by atoms with E-state index in [4.69, 9.17) is 19.3 Å². The molecule has 3 aromatic rings. The van der Waals surface area contributed by atoms with Gasteiger partial charge in [0, 0.05) is 11.8 Å². The zero-order valence-electron chi connectivity index (χ0n) is 16.5. The predicted molar refractivity (Wildman–Crippen MR) is 113 cm³/mol. The van der Waals surface area contributed by atoms with E-state index in [1.54, 1.807) is 32.6 Å². The molecule has 2 N–H and O–H groups in total. The van der Waals surface area contributed by atoms with Gasteiger partial charge in [-0.3, -0.25) is 5.43 Å². The number of anilines is 1. The summed E-state index contributed by atoms with van der Waals surface area (Å²) in [5.41, 5.74) is 4.59. The van der Waals surface area contributed by atoms with E-state index in [0.717, 1.165) is 5.56 Å². The van der Waals surface area contributed by atoms with E-state index < -0.39 is 5.97 Å². The van der Waals surface area contributed by atoms with Crippen LogP contribution in [0.3, 0.4) is 0 Å². The molecule has 154 valence electrons. The van der Waals surface area contributed by atoms with Crippen LogP contribution in [0, 0.1) is 0 Å². The van der Waals surface area contributed by atoms with Gasteiger partial charge >= 0.3 is 5.97 Å². The van der Waals surface area contributed by atoms with E-state index in [2.05, 4.69) is 15.5 Å². The maximum absolute atomic E-state index is 10.9. The van der Waals surface area contributed by atoms with Crippen LogP contribution in [-0.4, -0.2) is 36.5 Å². The maximum Gasteiger partial charge on any atom is 0.337 e. The second kappa shape index (κ2) is 9.92. The number of methoxy groups -OCH3 is 2. The average Bonchev–Trinajstić information content (AvgIpc) is 2.78. The van der Waals surface area contributed by atoms with Crippen molar-refractivity contribution < 1.29 is 24.1 Å². The van der Waals surface area contributed by atoms with Crippen LogP contribution in [0.25, 0.3) is 0 Å². The second-order valence-electron chi connectivity index (χ2n) is 6.14. The van der Waals surface area contributed by atoms with E-state index in [0.29, 0.717) is 35.2 Å². The van der Waals surface area contributed by atoms with Crippen molar-refractivity contribution in [2.75, 3.05) is 19.6 Å². The van der Waals surface area contributed by atoms with Crippen LogP contribution in [0.1, 0.15) is 21.5 Å². The number of aromatic carboxylic acids is 1. The Morgan fingerprint density at radius 3 is 2.37 bits per heavy atom. The Morgan fingerprint density at radius 2 is 1.80 bits per heavy atom. The molecule has 0 radical (unpaired) electrons. The van der Waals surface area contributed by atoms with Gasteiger partial charge in [-0.25, -0.2) is 9.78 Å². The largest absolute Gasteiger partial charge is 0.493 e. The summed E-state index contributed by atoms with van der Waals surface area (Å²) in [6.07, 6.45) is 2.82. The number of nitrogens with one attached hydrogen (secondary N) is 1. The molecule has 0 aliphatic carbocycles. The minimum absolute atomic E-state index is 0.102. The monoisotopic (exact) mass is 407 g/mol. The number of aromatic nitrogens is 1. The van der Waals surface area contributed by atoms with Crippen molar-refractivity contribution in [3.05, 3.63) is 77.5 Å². The van der Waals surface area contributed by atoms with Gasteiger partial charge in [0.1, 0.15) is 12.4 Å². The number of ether oxygens (including phenoxy) is 3. The van der Waals surface area contributed by atoms with Gasteiger partial charge in [-0.1, -0.05) is 30.3 Å². The van der Waals surface area contributed by atoms with E-state index in [9.17, 15) is 4.79 Å². The number of hydrogen-bond acceptors (Lipinski definition) is 7. The minimum atomic E-state index is -1.04. The van der Waals surface area contributed by atoms with Crippen LogP contribution in [0.15, 0.2) is 65.9 Å². The third-order valence-electron chi connectivity index (χ3n) is 4.11. The number of hydrazone groups is 1. The lowest BCUT2D eigenvalue weighted by molar-refractivity contribution is 0.0696. The fraction of sp³-hybridized carbons (Fsp3) is 0.136. The fourth-order valence-corrected chi connectivity index (χ4v) is 2.61. The highest BCUT2D eigenvalue weighted by Crippen LogP contribution is 2.38. The van der Waals surface area contributed by atoms with Gasteiger partial charge < -0.3 is 19.3 Å². The molecule has 0 aliphatic heterocycles. The van der Waals surface area contributed by atoms with Crippen molar-refractivity contribution in [1.82, 2.24) is 4.98 Å². The van der Waals surface area contributed by atoms with Crippen molar-refractivity contribution in [2.45, 2.75) is 6.61 Å².